The minimum atomic E-state index is -3.82. The lowest BCUT2D eigenvalue weighted by atomic mass is 10.1. The summed E-state index contributed by atoms with van der Waals surface area (Å²) in [5.74, 6) is -0.695. The molecule has 0 radical (unpaired) electrons. The number of sulfonamides is 1. The van der Waals surface area contributed by atoms with E-state index in [9.17, 15) is 17.6 Å². The average Bonchev–Trinajstić information content (AvgIpc) is 2.61. The molecule has 136 valence electrons. The summed E-state index contributed by atoms with van der Waals surface area (Å²) < 4.78 is 39.5. The Hall–Kier alpha value is -2.47. The number of amides is 1. The molecule has 0 aromatic heterocycles. The van der Waals surface area contributed by atoms with E-state index >= 15 is 0 Å². The molecule has 0 bridgehead atoms. The van der Waals surface area contributed by atoms with Gasteiger partial charge in [-0.05, 0) is 35.9 Å². The fourth-order valence-electron chi connectivity index (χ4n) is 2.08. The Kier molecular flexibility index (Phi) is 6.69. The molecule has 2 rings (SSSR count). The average molecular weight is 396 g/mol. The van der Waals surface area contributed by atoms with Crippen molar-refractivity contribution in [2.75, 3.05) is 13.1 Å². The summed E-state index contributed by atoms with van der Waals surface area (Å²) in [4.78, 5) is 11.7. The number of hydrogen-bond acceptors (Lipinski definition) is 4. The number of nitrogens with one attached hydrogen (secondary N) is 2. The number of carbonyl (C=O) groups is 1. The van der Waals surface area contributed by atoms with Gasteiger partial charge >= 0.3 is 0 Å². The molecular weight excluding hydrogens is 381 g/mol. The first-order chi connectivity index (χ1) is 12.3. The van der Waals surface area contributed by atoms with E-state index in [0.717, 1.165) is 0 Å². The van der Waals surface area contributed by atoms with Crippen LogP contribution in [0.3, 0.4) is 0 Å². The van der Waals surface area contributed by atoms with E-state index in [-0.39, 0.29) is 46.7 Å². The van der Waals surface area contributed by atoms with E-state index in [1.54, 1.807) is 0 Å². The van der Waals surface area contributed by atoms with Gasteiger partial charge in [0.1, 0.15) is 11.9 Å². The quantitative estimate of drug-likeness (QED) is 0.700. The highest BCUT2D eigenvalue weighted by molar-refractivity contribution is 7.89. The van der Waals surface area contributed by atoms with Crippen molar-refractivity contribution in [3.8, 4) is 6.07 Å². The van der Waals surface area contributed by atoms with Gasteiger partial charge in [0, 0.05) is 13.1 Å². The zero-order valence-corrected chi connectivity index (χ0v) is 15.1. The standard InChI is InChI=1S/C17H15ClFN3O3S/c18-16-6-5-15(10-13(16)11-20)26(24,25)22-8-7-21-17(23)9-12-1-3-14(19)4-2-12/h1-6,10,22H,7-9H2,(H,21,23). The number of nitrogens with zero attached hydrogens (tertiary/aromatic N) is 1. The number of carbonyl (C=O) groups excluding carboxylic acids is 1. The summed E-state index contributed by atoms with van der Waals surface area (Å²) in [7, 11) is -3.82. The van der Waals surface area contributed by atoms with Crippen molar-refractivity contribution in [2.45, 2.75) is 11.3 Å². The predicted octanol–water partition coefficient (Wildman–Crippen LogP) is 1.99. The molecule has 0 aliphatic rings. The van der Waals surface area contributed by atoms with Crippen molar-refractivity contribution in [2.24, 2.45) is 0 Å². The van der Waals surface area contributed by atoms with Gasteiger partial charge in [-0.1, -0.05) is 23.7 Å². The molecule has 26 heavy (non-hydrogen) atoms. The summed E-state index contributed by atoms with van der Waals surface area (Å²) in [5, 5.41) is 11.6. The Morgan fingerprint density at radius 3 is 2.50 bits per heavy atom. The number of halogens is 2. The maximum Gasteiger partial charge on any atom is 0.240 e. The summed E-state index contributed by atoms with van der Waals surface area (Å²) in [6.07, 6.45) is 0.0652. The number of nitriles is 1. The molecule has 2 aromatic carbocycles. The molecule has 0 saturated carbocycles. The highest BCUT2D eigenvalue weighted by Crippen LogP contribution is 2.19. The van der Waals surface area contributed by atoms with E-state index in [2.05, 4.69) is 10.0 Å². The van der Waals surface area contributed by atoms with Gasteiger partial charge in [-0.25, -0.2) is 17.5 Å². The molecule has 9 heteroatoms. The van der Waals surface area contributed by atoms with Crippen LogP contribution in [0.25, 0.3) is 0 Å². The Labute approximate surface area is 155 Å². The molecule has 0 atom stereocenters. The van der Waals surface area contributed by atoms with E-state index in [1.807, 2.05) is 6.07 Å². The first-order valence-electron chi connectivity index (χ1n) is 7.52. The second-order valence-corrected chi connectivity index (χ2v) is 7.48. The van der Waals surface area contributed by atoms with Gasteiger partial charge in [-0.3, -0.25) is 4.79 Å². The van der Waals surface area contributed by atoms with E-state index < -0.39 is 10.0 Å². The molecule has 0 unspecified atom stereocenters. The van der Waals surface area contributed by atoms with Crippen molar-refractivity contribution in [3.05, 3.63) is 64.4 Å². The summed E-state index contributed by atoms with van der Waals surface area (Å²) >= 11 is 5.78. The second-order valence-electron chi connectivity index (χ2n) is 5.30. The molecule has 0 spiro atoms. The van der Waals surface area contributed by atoms with Crippen molar-refractivity contribution in [1.29, 1.82) is 5.26 Å². The summed E-state index contributed by atoms with van der Waals surface area (Å²) in [6.45, 7) is 0.0555. The predicted molar refractivity (Wildman–Crippen MR) is 94.5 cm³/mol. The SMILES string of the molecule is N#Cc1cc(S(=O)(=O)NCCNC(=O)Cc2ccc(F)cc2)ccc1Cl. The van der Waals surface area contributed by atoms with Gasteiger partial charge in [0.25, 0.3) is 0 Å². The van der Waals surface area contributed by atoms with Crippen LogP contribution in [-0.4, -0.2) is 27.4 Å². The Morgan fingerprint density at radius 2 is 1.85 bits per heavy atom. The molecule has 6 nitrogen and oxygen atoms in total. The highest BCUT2D eigenvalue weighted by atomic mass is 35.5. The Balaban J connectivity index is 1.84. The first-order valence-corrected chi connectivity index (χ1v) is 9.38. The van der Waals surface area contributed by atoms with Gasteiger partial charge in [-0.2, -0.15) is 5.26 Å². The maximum absolute atomic E-state index is 12.8. The van der Waals surface area contributed by atoms with Gasteiger partial charge in [-0.15, -0.1) is 0 Å². The summed E-state index contributed by atoms with van der Waals surface area (Å²) in [5.41, 5.74) is 0.705. The van der Waals surface area contributed by atoms with Gasteiger partial charge < -0.3 is 5.32 Å². The third-order valence-electron chi connectivity index (χ3n) is 3.39. The molecule has 2 N–H and O–H groups in total. The number of benzene rings is 2. The van der Waals surface area contributed by atoms with Crippen LogP contribution in [0.2, 0.25) is 5.02 Å². The monoisotopic (exact) mass is 395 g/mol. The van der Waals surface area contributed by atoms with Crippen LogP contribution < -0.4 is 10.0 Å². The minimum Gasteiger partial charge on any atom is -0.355 e. The molecule has 0 heterocycles. The molecular formula is C17H15ClFN3O3S. The molecule has 0 saturated heterocycles. The fourth-order valence-corrected chi connectivity index (χ4v) is 3.30. The fraction of sp³-hybridized carbons (Fsp3) is 0.176. The Bertz CT molecular complexity index is 941. The topological polar surface area (TPSA) is 99.1 Å². The van der Waals surface area contributed by atoms with Gasteiger partial charge in [0.2, 0.25) is 15.9 Å². The zero-order chi connectivity index (χ0) is 19.2. The number of hydrogen-bond donors (Lipinski definition) is 2. The van der Waals surface area contributed by atoms with Crippen LogP contribution in [0.4, 0.5) is 4.39 Å². The van der Waals surface area contributed by atoms with E-state index in [0.29, 0.717) is 5.56 Å². The zero-order valence-electron chi connectivity index (χ0n) is 13.5. The molecule has 0 aliphatic heterocycles. The largest absolute Gasteiger partial charge is 0.355 e. The molecule has 1 amide bonds. The van der Waals surface area contributed by atoms with Crippen LogP contribution in [-0.2, 0) is 21.2 Å². The lowest BCUT2D eigenvalue weighted by Crippen LogP contribution is -2.35. The lowest BCUT2D eigenvalue weighted by Gasteiger charge is -2.09. The third kappa shape index (κ3) is 5.52. The smallest absolute Gasteiger partial charge is 0.240 e. The van der Waals surface area contributed by atoms with Crippen molar-refractivity contribution < 1.29 is 17.6 Å². The summed E-state index contributed by atoms with van der Waals surface area (Å²) in [6, 6.07) is 11.1. The molecule has 0 aliphatic carbocycles. The van der Waals surface area contributed by atoms with Crippen molar-refractivity contribution in [1.82, 2.24) is 10.0 Å². The lowest BCUT2D eigenvalue weighted by molar-refractivity contribution is -0.120. The van der Waals surface area contributed by atoms with Crippen molar-refractivity contribution >= 4 is 27.5 Å². The van der Waals surface area contributed by atoms with Crippen LogP contribution >= 0.6 is 11.6 Å². The highest BCUT2D eigenvalue weighted by Gasteiger charge is 2.15. The van der Waals surface area contributed by atoms with Gasteiger partial charge in [0.15, 0.2) is 0 Å². The first kappa shape index (κ1) is 19.8. The third-order valence-corrected chi connectivity index (χ3v) is 5.17. The molecule has 0 fully saturated rings. The minimum absolute atomic E-state index is 0.0258. The molecule has 2 aromatic rings. The van der Waals surface area contributed by atoms with Crippen molar-refractivity contribution in [3.63, 3.8) is 0 Å². The second kappa shape index (κ2) is 8.76. The normalized spacial score (nSPS) is 11.0. The van der Waals surface area contributed by atoms with Crippen LogP contribution in [0.1, 0.15) is 11.1 Å². The Morgan fingerprint density at radius 1 is 1.15 bits per heavy atom. The van der Waals surface area contributed by atoms with Gasteiger partial charge in [0.05, 0.1) is 21.9 Å². The van der Waals surface area contributed by atoms with E-state index in [4.69, 9.17) is 16.9 Å². The van der Waals surface area contributed by atoms with E-state index in [1.165, 1.54) is 42.5 Å². The van der Waals surface area contributed by atoms with Crippen LogP contribution in [0, 0.1) is 17.1 Å². The van der Waals surface area contributed by atoms with Crippen LogP contribution in [0.5, 0.6) is 0 Å². The number of rotatable bonds is 7. The van der Waals surface area contributed by atoms with Crippen LogP contribution in [0.15, 0.2) is 47.4 Å². The maximum atomic E-state index is 12.8.